The molecule has 5 unspecified atom stereocenters. The Labute approximate surface area is 318 Å². The van der Waals surface area contributed by atoms with Crippen LogP contribution in [-0.2, 0) is 23.8 Å². The maximum atomic E-state index is 13.5. The number of hydrogen-bond acceptors (Lipinski definition) is 10. The average molecular weight is 741 g/mol. The lowest BCUT2D eigenvalue weighted by Gasteiger charge is -2.43. The van der Waals surface area contributed by atoms with Crippen LogP contribution < -0.4 is 10.2 Å². The minimum absolute atomic E-state index is 0.0258. The largest absolute Gasteiger partial charge is 0.463 e. The summed E-state index contributed by atoms with van der Waals surface area (Å²) < 4.78 is 26.1. The van der Waals surface area contributed by atoms with Gasteiger partial charge in [-0.2, -0.15) is 8.75 Å². The van der Waals surface area contributed by atoms with Crippen LogP contribution in [0.25, 0.3) is 33.3 Å². The van der Waals surface area contributed by atoms with Crippen molar-refractivity contribution in [1.82, 2.24) is 14.1 Å². The van der Waals surface area contributed by atoms with Crippen LogP contribution in [0.5, 0.6) is 0 Å². The molecule has 0 spiro atoms. The highest BCUT2D eigenvalue weighted by Gasteiger charge is 2.44. The van der Waals surface area contributed by atoms with Crippen LogP contribution in [0.15, 0.2) is 121 Å². The summed E-state index contributed by atoms with van der Waals surface area (Å²) in [7, 11) is 0. The monoisotopic (exact) mass is 740 g/mol. The van der Waals surface area contributed by atoms with Crippen molar-refractivity contribution in [1.29, 1.82) is 0 Å². The van der Waals surface area contributed by atoms with Crippen molar-refractivity contribution in [2.45, 2.75) is 46.1 Å². The number of benzene rings is 5. The molecule has 7 rings (SSSR count). The number of nitrogens with zero attached hydrogens (tertiary/aromatic N) is 3. The number of hydrogen-bond donors (Lipinski definition) is 1. The average Bonchev–Trinajstić information content (AvgIpc) is 3.68. The van der Waals surface area contributed by atoms with Gasteiger partial charge in [0.05, 0.1) is 23.9 Å². The Kier molecular flexibility index (Phi) is 10.8. The van der Waals surface area contributed by atoms with Gasteiger partial charge in [0.15, 0.2) is 0 Å². The van der Waals surface area contributed by atoms with Gasteiger partial charge in [-0.15, -0.1) is 0 Å². The molecular formula is C43H40N4O6S. The van der Waals surface area contributed by atoms with E-state index in [0.29, 0.717) is 5.56 Å². The van der Waals surface area contributed by atoms with E-state index in [2.05, 4.69) is 69.2 Å². The van der Waals surface area contributed by atoms with Crippen molar-refractivity contribution in [3.05, 3.63) is 127 Å². The van der Waals surface area contributed by atoms with Gasteiger partial charge >= 0.3 is 11.9 Å². The molecule has 0 saturated carbocycles. The maximum absolute atomic E-state index is 13.5. The van der Waals surface area contributed by atoms with Gasteiger partial charge in [0.25, 0.3) is 5.91 Å². The van der Waals surface area contributed by atoms with E-state index in [-0.39, 0.29) is 24.3 Å². The number of aromatic nitrogens is 2. The summed E-state index contributed by atoms with van der Waals surface area (Å²) in [5.41, 5.74) is 9.00. The molecule has 1 aliphatic heterocycles. The minimum atomic E-state index is -1.04. The summed E-state index contributed by atoms with van der Waals surface area (Å²) >= 11 is 1.17. The van der Waals surface area contributed by atoms with Crippen LogP contribution in [0.1, 0.15) is 38.1 Å². The molecule has 6 aromatic rings. The smallest absolute Gasteiger partial charge is 0.305 e. The molecule has 54 heavy (non-hydrogen) atoms. The highest BCUT2D eigenvalue weighted by Crippen LogP contribution is 2.38. The molecule has 1 saturated heterocycles. The van der Waals surface area contributed by atoms with Crippen LogP contribution in [0, 0.1) is 11.8 Å². The van der Waals surface area contributed by atoms with Gasteiger partial charge in [-0.25, -0.2) is 0 Å². The van der Waals surface area contributed by atoms with Crippen molar-refractivity contribution in [3.8, 4) is 22.3 Å². The van der Waals surface area contributed by atoms with E-state index in [4.69, 9.17) is 18.6 Å². The molecule has 0 bridgehead atoms. The summed E-state index contributed by atoms with van der Waals surface area (Å²) in [4.78, 5) is 39.1. The molecule has 0 radical (unpaired) electrons. The number of rotatable bonds is 10. The quantitative estimate of drug-likeness (QED) is 0.138. The van der Waals surface area contributed by atoms with E-state index in [0.717, 1.165) is 50.3 Å². The van der Waals surface area contributed by atoms with Crippen LogP contribution in [-0.4, -0.2) is 51.6 Å². The molecule has 1 aliphatic rings. The highest BCUT2D eigenvalue weighted by atomic mass is 32.1. The Hall–Kier alpha value is -5.91. The number of para-hydroxylation sites is 2. The SMILES string of the molecule is CC(=O)OCC1OC(OC(C)=O)C(NC(=O)c2ccc(-c3ccc(-c4ccc(N(c5ccccc5)c5ccccc5)cc4)c4nsnc34)cc2)C(C)C1C. The van der Waals surface area contributed by atoms with Gasteiger partial charge in [0, 0.05) is 47.6 Å². The van der Waals surface area contributed by atoms with E-state index in [1.165, 1.54) is 25.6 Å². The Morgan fingerprint density at radius 2 is 1.20 bits per heavy atom. The van der Waals surface area contributed by atoms with E-state index in [1.54, 1.807) is 12.1 Å². The summed E-state index contributed by atoms with van der Waals surface area (Å²) in [6, 6.07) is 39.8. The van der Waals surface area contributed by atoms with Crippen molar-refractivity contribution in [3.63, 3.8) is 0 Å². The molecule has 0 aliphatic carbocycles. The third-order valence-electron chi connectivity index (χ3n) is 9.95. The molecule has 2 heterocycles. The second-order valence-corrected chi connectivity index (χ2v) is 14.0. The summed E-state index contributed by atoms with van der Waals surface area (Å²) in [6.45, 7) is 6.55. The van der Waals surface area contributed by atoms with Crippen molar-refractivity contribution < 1.29 is 28.6 Å². The first-order valence-electron chi connectivity index (χ1n) is 17.8. The van der Waals surface area contributed by atoms with Crippen LogP contribution in [0.3, 0.4) is 0 Å². The van der Waals surface area contributed by atoms with Gasteiger partial charge in [-0.1, -0.05) is 86.6 Å². The molecule has 5 aromatic carbocycles. The number of nitrogens with one attached hydrogen (secondary N) is 1. The molecule has 1 amide bonds. The zero-order valence-corrected chi connectivity index (χ0v) is 31.2. The number of anilines is 3. The lowest BCUT2D eigenvalue weighted by molar-refractivity contribution is -0.237. The summed E-state index contributed by atoms with van der Waals surface area (Å²) in [6.07, 6.45) is -1.53. The van der Waals surface area contributed by atoms with Gasteiger partial charge < -0.3 is 24.4 Å². The highest BCUT2D eigenvalue weighted by molar-refractivity contribution is 7.00. The Bertz CT molecular complexity index is 2210. The predicted octanol–water partition coefficient (Wildman–Crippen LogP) is 8.72. The van der Waals surface area contributed by atoms with E-state index < -0.39 is 30.4 Å². The van der Waals surface area contributed by atoms with Crippen molar-refractivity contribution >= 4 is 57.7 Å². The topological polar surface area (TPSA) is 120 Å². The summed E-state index contributed by atoms with van der Waals surface area (Å²) in [5.74, 6) is -1.55. The number of amides is 1. The molecule has 1 fully saturated rings. The Balaban J connectivity index is 1.10. The first-order valence-corrected chi connectivity index (χ1v) is 18.5. The van der Waals surface area contributed by atoms with Gasteiger partial charge in [-0.3, -0.25) is 14.4 Å². The lowest BCUT2D eigenvalue weighted by atomic mass is 9.82. The summed E-state index contributed by atoms with van der Waals surface area (Å²) in [5, 5.41) is 3.02. The van der Waals surface area contributed by atoms with E-state index >= 15 is 0 Å². The van der Waals surface area contributed by atoms with E-state index in [9.17, 15) is 14.4 Å². The fourth-order valence-corrected chi connectivity index (χ4v) is 7.48. The molecule has 274 valence electrons. The molecule has 11 heteroatoms. The number of ether oxygens (including phenoxy) is 3. The van der Waals surface area contributed by atoms with Crippen LogP contribution in [0.2, 0.25) is 0 Å². The van der Waals surface area contributed by atoms with Crippen LogP contribution in [0.4, 0.5) is 17.1 Å². The standard InChI is InChI=1S/C43H40N4O6S/c1-26-27(2)39(43(52-29(4)49)53-38(26)25-51-28(3)48)44-42(50)32-17-15-30(16-18-32)36-23-24-37(41-40(36)45-54-46-41)31-19-21-35(22-20-31)47(33-11-7-5-8-12-33)34-13-9-6-10-14-34/h5-24,26-27,38-39,43H,25H2,1-4H3,(H,44,50). The third-order valence-corrected chi connectivity index (χ3v) is 10.5. The molecule has 10 nitrogen and oxygen atoms in total. The number of carbonyl (C=O) groups is 3. The molecule has 1 aromatic heterocycles. The maximum Gasteiger partial charge on any atom is 0.305 e. The zero-order chi connectivity index (χ0) is 37.8. The fourth-order valence-electron chi connectivity index (χ4n) is 6.91. The number of fused-ring (bicyclic) bond motifs is 1. The van der Waals surface area contributed by atoms with Gasteiger partial charge in [0.2, 0.25) is 6.29 Å². The number of esters is 2. The number of carbonyl (C=O) groups excluding carboxylic acids is 3. The molecule has 5 atom stereocenters. The van der Waals surface area contributed by atoms with Gasteiger partial charge in [-0.05, 0) is 71.5 Å². The Morgan fingerprint density at radius 3 is 1.72 bits per heavy atom. The van der Waals surface area contributed by atoms with Gasteiger partial charge in [0.1, 0.15) is 17.6 Å². The second kappa shape index (κ2) is 16.0. The minimum Gasteiger partial charge on any atom is -0.463 e. The predicted molar refractivity (Wildman–Crippen MR) is 210 cm³/mol. The normalized spacial score (nSPS) is 19.5. The first kappa shape index (κ1) is 36.4. The van der Waals surface area contributed by atoms with Crippen molar-refractivity contribution in [2.24, 2.45) is 11.8 Å². The van der Waals surface area contributed by atoms with Crippen LogP contribution >= 0.6 is 11.7 Å². The zero-order valence-electron chi connectivity index (χ0n) is 30.3. The van der Waals surface area contributed by atoms with Crippen molar-refractivity contribution in [2.75, 3.05) is 11.5 Å². The second-order valence-electron chi connectivity index (χ2n) is 13.4. The fraction of sp³-hybridized carbons (Fsp3) is 0.233. The van der Waals surface area contributed by atoms with E-state index in [1.807, 2.05) is 68.4 Å². The molecule has 1 N–H and O–H groups in total. The first-order chi connectivity index (χ1) is 26.2. The Morgan fingerprint density at radius 1 is 0.685 bits per heavy atom. The lowest BCUT2D eigenvalue weighted by Crippen LogP contribution is -2.59. The third kappa shape index (κ3) is 7.73. The molecular weight excluding hydrogens is 701 g/mol.